The first-order valence-electron chi connectivity index (χ1n) is 5.63. The minimum atomic E-state index is 0. The van der Waals surface area contributed by atoms with Gasteiger partial charge in [-0.2, -0.15) is 0 Å². The second-order valence-electron chi connectivity index (χ2n) is 4.13. The van der Waals surface area contributed by atoms with E-state index >= 15 is 0 Å². The minimum Gasteiger partial charge on any atom is -0.476 e. The molecule has 0 saturated carbocycles. The second kappa shape index (κ2) is 6.71. The van der Waals surface area contributed by atoms with Gasteiger partial charge in [-0.05, 0) is 37.9 Å². The molecule has 1 atom stereocenters. The summed E-state index contributed by atoms with van der Waals surface area (Å²) in [5, 5.41) is 3.45. The van der Waals surface area contributed by atoms with E-state index in [-0.39, 0.29) is 12.4 Å². The Morgan fingerprint density at radius 1 is 1.50 bits per heavy atom. The Kier molecular flexibility index (Phi) is 5.56. The maximum Gasteiger partial charge on any atom is 0.213 e. The number of aryl methyl sites for hydroxylation is 1. The molecule has 0 radical (unpaired) electrons. The van der Waals surface area contributed by atoms with E-state index in [1.165, 1.54) is 24.8 Å². The molecular weight excluding hydrogens is 224 g/mol. The van der Waals surface area contributed by atoms with Crippen molar-refractivity contribution in [3.8, 4) is 5.88 Å². The second-order valence-corrected chi connectivity index (χ2v) is 4.13. The first-order chi connectivity index (χ1) is 7.34. The zero-order valence-electron chi connectivity index (χ0n) is 9.61. The van der Waals surface area contributed by atoms with Gasteiger partial charge in [0.1, 0.15) is 6.61 Å². The van der Waals surface area contributed by atoms with Crippen LogP contribution >= 0.6 is 12.4 Å². The fraction of sp³-hybridized carbons (Fsp3) is 0.583. The van der Waals surface area contributed by atoms with Gasteiger partial charge in [-0.1, -0.05) is 6.42 Å². The van der Waals surface area contributed by atoms with Crippen molar-refractivity contribution < 1.29 is 4.74 Å². The summed E-state index contributed by atoms with van der Waals surface area (Å²) in [5.74, 6) is 0.738. The number of rotatable bonds is 3. The van der Waals surface area contributed by atoms with Crippen molar-refractivity contribution in [3.63, 3.8) is 0 Å². The van der Waals surface area contributed by atoms with E-state index in [0.717, 1.165) is 19.0 Å². The van der Waals surface area contributed by atoms with Crippen molar-refractivity contribution in [2.24, 2.45) is 0 Å². The van der Waals surface area contributed by atoms with Gasteiger partial charge in [-0.25, -0.2) is 4.98 Å². The zero-order chi connectivity index (χ0) is 10.5. The molecule has 0 spiro atoms. The van der Waals surface area contributed by atoms with Gasteiger partial charge in [0.15, 0.2) is 0 Å². The summed E-state index contributed by atoms with van der Waals surface area (Å²) >= 11 is 0. The molecule has 1 aromatic heterocycles. The van der Waals surface area contributed by atoms with Gasteiger partial charge < -0.3 is 10.1 Å². The molecule has 0 aromatic carbocycles. The van der Waals surface area contributed by atoms with Crippen LogP contribution in [-0.2, 0) is 0 Å². The predicted molar refractivity (Wildman–Crippen MR) is 67.4 cm³/mol. The van der Waals surface area contributed by atoms with E-state index in [9.17, 15) is 0 Å². The lowest BCUT2D eigenvalue weighted by atomic mass is 10.1. The molecule has 16 heavy (non-hydrogen) atoms. The predicted octanol–water partition coefficient (Wildman–Crippen LogP) is 2.33. The van der Waals surface area contributed by atoms with Crippen molar-refractivity contribution in [1.29, 1.82) is 0 Å². The van der Waals surface area contributed by atoms with Crippen LogP contribution in [0, 0.1) is 6.92 Å². The molecule has 1 unspecified atom stereocenters. The summed E-state index contributed by atoms with van der Waals surface area (Å²) in [7, 11) is 0. The molecule has 90 valence electrons. The molecule has 2 rings (SSSR count). The number of nitrogens with zero attached hydrogens (tertiary/aromatic N) is 1. The molecule has 4 heteroatoms. The summed E-state index contributed by atoms with van der Waals surface area (Å²) < 4.78 is 5.65. The van der Waals surface area contributed by atoms with Gasteiger partial charge in [-0.3, -0.25) is 0 Å². The Labute approximate surface area is 103 Å². The molecule has 2 heterocycles. The Balaban J connectivity index is 0.00000128. The number of piperidine rings is 1. The molecule has 1 aliphatic heterocycles. The number of nitrogens with one attached hydrogen (secondary N) is 1. The number of pyridine rings is 1. The topological polar surface area (TPSA) is 34.1 Å². The third-order valence-electron chi connectivity index (χ3n) is 2.74. The normalized spacial score (nSPS) is 19.9. The van der Waals surface area contributed by atoms with E-state index in [1.807, 2.05) is 19.1 Å². The Bertz CT molecular complexity index is 314. The lowest BCUT2D eigenvalue weighted by molar-refractivity contribution is 0.232. The number of hydrogen-bond acceptors (Lipinski definition) is 3. The van der Waals surface area contributed by atoms with Crippen molar-refractivity contribution in [2.45, 2.75) is 32.2 Å². The highest BCUT2D eigenvalue weighted by Crippen LogP contribution is 2.11. The maximum atomic E-state index is 5.65. The maximum absolute atomic E-state index is 5.65. The standard InChI is InChI=1S/C12H18N2O.ClH/c1-10-5-7-14-12(8-10)15-9-11-4-2-3-6-13-11;/h5,7-8,11,13H,2-4,6,9H2,1H3;1H. The van der Waals surface area contributed by atoms with Crippen LogP contribution < -0.4 is 10.1 Å². The third kappa shape index (κ3) is 3.99. The Morgan fingerprint density at radius 2 is 2.38 bits per heavy atom. The van der Waals surface area contributed by atoms with Crippen molar-refractivity contribution in [2.75, 3.05) is 13.2 Å². The first kappa shape index (κ1) is 13.3. The third-order valence-corrected chi connectivity index (χ3v) is 2.74. The summed E-state index contributed by atoms with van der Waals surface area (Å²) in [6, 6.07) is 4.45. The van der Waals surface area contributed by atoms with E-state index in [2.05, 4.69) is 10.3 Å². The quantitative estimate of drug-likeness (QED) is 0.884. The van der Waals surface area contributed by atoms with Crippen LogP contribution in [0.1, 0.15) is 24.8 Å². The average molecular weight is 243 g/mol. The lowest BCUT2D eigenvalue weighted by Gasteiger charge is -2.23. The molecule has 0 aliphatic carbocycles. The van der Waals surface area contributed by atoms with Crippen molar-refractivity contribution in [1.82, 2.24) is 10.3 Å². The molecule has 0 amide bonds. The largest absolute Gasteiger partial charge is 0.476 e. The molecular formula is C12H19ClN2O. The molecule has 1 aromatic rings. The fourth-order valence-corrected chi connectivity index (χ4v) is 1.84. The number of hydrogen-bond donors (Lipinski definition) is 1. The molecule has 1 saturated heterocycles. The number of ether oxygens (including phenoxy) is 1. The number of aromatic nitrogens is 1. The first-order valence-corrected chi connectivity index (χ1v) is 5.63. The van der Waals surface area contributed by atoms with E-state index in [0.29, 0.717) is 6.04 Å². The van der Waals surface area contributed by atoms with Crippen LogP contribution in [0.15, 0.2) is 18.3 Å². The lowest BCUT2D eigenvalue weighted by Crippen LogP contribution is -2.38. The van der Waals surface area contributed by atoms with Gasteiger partial charge in [0.05, 0.1) is 0 Å². The highest BCUT2D eigenvalue weighted by molar-refractivity contribution is 5.85. The highest BCUT2D eigenvalue weighted by Gasteiger charge is 2.12. The average Bonchev–Trinajstić information content (AvgIpc) is 2.28. The Morgan fingerprint density at radius 3 is 3.06 bits per heavy atom. The number of halogens is 1. The van der Waals surface area contributed by atoms with Crippen molar-refractivity contribution >= 4 is 12.4 Å². The molecule has 0 bridgehead atoms. The van der Waals surface area contributed by atoms with E-state index in [4.69, 9.17) is 4.74 Å². The molecule has 1 fully saturated rings. The van der Waals surface area contributed by atoms with E-state index in [1.54, 1.807) is 6.20 Å². The van der Waals surface area contributed by atoms with Crippen LogP contribution in [0.25, 0.3) is 0 Å². The fourth-order valence-electron chi connectivity index (χ4n) is 1.84. The van der Waals surface area contributed by atoms with Crippen LogP contribution in [0.2, 0.25) is 0 Å². The summed E-state index contributed by atoms with van der Waals surface area (Å²) in [4.78, 5) is 4.17. The van der Waals surface area contributed by atoms with Gasteiger partial charge in [0.25, 0.3) is 0 Å². The van der Waals surface area contributed by atoms with Crippen LogP contribution in [0.3, 0.4) is 0 Å². The summed E-state index contributed by atoms with van der Waals surface area (Å²) in [6.45, 7) is 3.90. The van der Waals surface area contributed by atoms with Gasteiger partial charge in [-0.15, -0.1) is 12.4 Å². The van der Waals surface area contributed by atoms with Crippen LogP contribution in [-0.4, -0.2) is 24.2 Å². The smallest absolute Gasteiger partial charge is 0.213 e. The zero-order valence-corrected chi connectivity index (χ0v) is 10.4. The monoisotopic (exact) mass is 242 g/mol. The van der Waals surface area contributed by atoms with Gasteiger partial charge in [0.2, 0.25) is 5.88 Å². The van der Waals surface area contributed by atoms with Crippen molar-refractivity contribution in [3.05, 3.63) is 23.9 Å². The summed E-state index contributed by atoms with van der Waals surface area (Å²) in [6.07, 6.45) is 5.60. The van der Waals surface area contributed by atoms with Gasteiger partial charge in [0, 0.05) is 18.3 Å². The van der Waals surface area contributed by atoms with E-state index < -0.39 is 0 Å². The molecule has 3 nitrogen and oxygen atoms in total. The molecule has 1 N–H and O–H groups in total. The molecule has 1 aliphatic rings. The SMILES string of the molecule is Cc1ccnc(OCC2CCCCN2)c1.Cl. The minimum absolute atomic E-state index is 0. The Hall–Kier alpha value is -0.800. The van der Waals surface area contributed by atoms with Gasteiger partial charge >= 0.3 is 0 Å². The highest BCUT2D eigenvalue weighted by atomic mass is 35.5. The summed E-state index contributed by atoms with van der Waals surface area (Å²) in [5.41, 5.74) is 1.19. The van der Waals surface area contributed by atoms with Crippen LogP contribution in [0.4, 0.5) is 0 Å². The van der Waals surface area contributed by atoms with Crippen LogP contribution in [0.5, 0.6) is 5.88 Å².